The van der Waals surface area contributed by atoms with Gasteiger partial charge in [-0.2, -0.15) is 0 Å². The van der Waals surface area contributed by atoms with Crippen LogP contribution in [0.4, 0.5) is 0 Å². The van der Waals surface area contributed by atoms with Gasteiger partial charge in [-0.25, -0.2) is 9.97 Å². The van der Waals surface area contributed by atoms with Gasteiger partial charge in [-0.05, 0) is 43.4 Å². The molecule has 2 N–H and O–H groups in total. The van der Waals surface area contributed by atoms with Gasteiger partial charge >= 0.3 is 0 Å². The fourth-order valence-electron chi connectivity index (χ4n) is 1.88. The van der Waals surface area contributed by atoms with Crippen LogP contribution in [0.3, 0.4) is 0 Å². The van der Waals surface area contributed by atoms with Crippen LogP contribution >= 0.6 is 11.3 Å². The molecule has 0 aliphatic heterocycles. The predicted molar refractivity (Wildman–Crippen MR) is 73.2 cm³/mol. The molecule has 0 saturated heterocycles. The lowest BCUT2D eigenvalue weighted by molar-refractivity contribution is 0.313. The fourth-order valence-corrected chi connectivity index (χ4v) is 2.79. The van der Waals surface area contributed by atoms with Crippen molar-refractivity contribution in [2.45, 2.75) is 33.1 Å². The third kappa shape index (κ3) is 3.23. The molecular formula is C13H19N3S. The van der Waals surface area contributed by atoms with Gasteiger partial charge in [0.1, 0.15) is 10.3 Å². The van der Waals surface area contributed by atoms with E-state index in [0.717, 1.165) is 36.2 Å². The van der Waals surface area contributed by atoms with Gasteiger partial charge in [0.05, 0.1) is 5.01 Å². The number of thiazole rings is 1. The molecule has 0 atom stereocenters. The summed E-state index contributed by atoms with van der Waals surface area (Å²) in [5.74, 6) is 0. The van der Waals surface area contributed by atoms with Crippen LogP contribution < -0.4 is 5.73 Å². The van der Waals surface area contributed by atoms with Crippen molar-refractivity contribution in [2.75, 3.05) is 6.54 Å². The Balaban J connectivity index is 2.04. The molecule has 17 heavy (non-hydrogen) atoms. The molecule has 2 heterocycles. The van der Waals surface area contributed by atoms with E-state index in [4.69, 9.17) is 5.73 Å². The summed E-state index contributed by atoms with van der Waals surface area (Å²) in [5.41, 5.74) is 6.95. The Hall–Kier alpha value is -1.00. The van der Waals surface area contributed by atoms with E-state index in [1.165, 1.54) is 5.01 Å². The summed E-state index contributed by atoms with van der Waals surface area (Å²) in [4.78, 5) is 9.96. The number of aryl methyl sites for hydroxylation is 1. The Kier molecular flexibility index (Phi) is 3.74. The minimum absolute atomic E-state index is 0.306. The van der Waals surface area contributed by atoms with E-state index in [1.807, 2.05) is 18.3 Å². The van der Waals surface area contributed by atoms with E-state index in [9.17, 15) is 0 Å². The van der Waals surface area contributed by atoms with Crippen molar-refractivity contribution in [3.8, 4) is 0 Å². The van der Waals surface area contributed by atoms with Gasteiger partial charge in [0.15, 0.2) is 0 Å². The zero-order chi connectivity index (χ0) is 12.3. The molecule has 2 rings (SSSR count). The maximum absolute atomic E-state index is 5.62. The lowest BCUT2D eigenvalue weighted by atomic mass is 9.84. The SMILES string of the molecule is CC(C)(CCN)CCc1nc2cccnc2s1. The molecule has 0 aromatic carbocycles. The summed E-state index contributed by atoms with van der Waals surface area (Å²) in [6.45, 7) is 5.30. The van der Waals surface area contributed by atoms with Gasteiger partial charge in [-0.15, -0.1) is 0 Å². The molecule has 0 radical (unpaired) electrons. The highest BCUT2D eigenvalue weighted by Crippen LogP contribution is 2.28. The highest BCUT2D eigenvalue weighted by molar-refractivity contribution is 7.18. The van der Waals surface area contributed by atoms with Crippen LogP contribution in [-0.2, 0) is 6.42 Å². The average Bonchev–Trinajstić information content (AvgIpc) is 2.69. The lowest BCUT2D eigenvalue weighted by Gasteiger charge is -2.22. The second kappa shape index (κ2) is 5.10. The lowest BCUT2D eigenvalue weighted by Crippen LogP contribution is -2.17. The molecule has 0 amide bonds. The maximum Gasteiger partial charge on any atom is 0.143 e. The summed E-state index contributed by atoms with van der Waals surface area (Å²) in [5, 5.41) is 1.18. The minimum Gasteiger partial charge on any atom is -0.330 e. The number of rotatable bonds is 5. The van der Waals surface area contributed by atoms with Gasteiger partial charge in [-0.1, -0.05) is 25.2 Å². The van der Waals surface area contributed by atoms with Gasteiger partial charge in [0.2, 0.25) is 0 Å². The summed E-state index contributed by atoms with van der Waals surface area (Å²) in [6.07, 6.45) is 5.04. The van der Waals surface area contributed by atoms with Crippen molar-refractivity contribution in [3.05, 3.63) is 23.3 Å². The van der Waals surface area contributed by atoms with E-state index in [2.05, 4.69) is 23.8 Å². The molecule has 2 aromatic heterocycles. The largest absolute Gasteiger partial charge is 0.330 e. The smallest absolute Gasteiger partial charge is 0.143 e. The third-order valence-corrected chi connectivity index (χ3v) is 4.09. The van der Waals surface area contributed by atoms with Crippen LogP contribution in [0, 0.1) is 5.41 Å². The second-order valence-corrected chi connectivity index (χ2v) is 6.20. The van der Waals surface area contributed by atoms with Crippen molar-refractivity contribution in [1.82, 2.24) is 9.97 Å². The Bertz CT molecular complexity index is 457. The van der Waals surface area contributed by atoms with Crippen molar-refractivity contribution >= 4 is 21.7 Å². The Morgan fingerprint density at radius 3 is 2.88 bits per heavy atom. The van der Waals surface area contributed by atoms with Crippen molar-refractivity contribution < 1.29 is 0 Å². The van der Waals surface area contributed by atoms with E-state index in [-0.39, 0.29) is 0 Å². The van der Waals surface area contributed by atoms with Crippen LogP contribution in [0.5, 0.6) is 0 Å². The Morgan fingerprint density at radius 1 is 1.35 bits per heavy atom. The number of aromatic nitrogens is 2. The van der Waals surface area contributed by atoms with Gasteiger partial charge < -0.3 is 5.73 Å². The third-order valence-electron chi connectivity index (χ3n) is 3.05. The van der Waals surface area contributed by atoms with Gasteiger partial charge in [0.25, 0.3) is 0 Å². The molecule has 0 spiro atoms. The van der Waals surface area contributed by atoms with Crippen LogP contribution in [0.1, 0.15) is 31.7 Å². The standard InChI is InChI=1S/C13H19N3S/c1-13(2,7-8-14)6-5-11-16-10-4-3-9-15-12(10)17-11/h3-4,9H,5-8,14H2,1-2H3. The van der Waals surface area contributed by atoms with Crippen molar-refractivity contribution in [2.24, 2.45) is 11.1 Å². The molecular weight excluding hydrogens is 230 g/mol. The van der Waals surface area contributed by atoms with E-state index in [1.54, 1.807) is 11.3 Å². The molecule has 3 nitrogen and oxygen atoms in total. The molecule has 0 aliphatic carbocycles. The molecule has 0 unspecified atom stereocenters. The van der Waals surface area contributed by atoms with Crippen molar-refractivity contribution in [3.63, 3.8) is 0 Å². The number of nitrogens with two attached hydrogens (primary N) is 1. The van der Waals surface area contributed by atoms with E-state index >= 15 is 0 Å². The summed E-state index contributed by atoms with van der Waals surface area (Å²) >= 11 is 1.70. The zero-order valence-corrected chi connectivity index (χ0v) is 11.3. The Labute approximate surface area is 106 Å². The first-order valence-electron chi connectivity index (χ1n) is 6.01. The van der Waals surface area contributed by atoms with Crippen LogP contribution in [0.25, 0.3) is 10.3 Å². The maximum atomic E-state index is 5.62. The summed E-state index contributed by atoms with van der Waals surface area (Å²) in [6, 6.07) is 3.96. The summed E-state index contributed by atoms with van der Waals surface area (Å²) in [7, 11) is 0. The van der Waals surface area contributed by atoms with Gasteiger partial charge in [0, 0.05) is 6.20 Å². The highest BCUT2D eigenvalue weighted by atomic mass is 32.1. The normalized spacial score (nSPS) is 12.2. The van der Waals surface area contributed by atoms with E-state index in [0.29, 0.717) is 5.41 Å². The monoisotopic (exact) mass is 249 g/mol. The first kappa shape index (κ1) is 12.5. The first-order chi connectivity index (χ1) is 8.11. The molecule has 4 heteroatoms. The van der Waals surface area contributed by atoms with Crippen molar-refractivity contribution in [1.29, 1.82) is 0 Å². The number of nitrogens with zero attached hydrogens (tertiary/aromatic N) is 2. The number of pyridine rings is 1. The highest BCUT2D eigenvalue weighted by Gasteiger charge is 2.17. The quantitative estimate of drug-likeness (QED) is 0.886. The number of hydrogen-bond acceptors (Lipinski definition) is 4. The zero-order valence-electron chi connectivity index (χ0n) is 10.4. The van der Waals surface area contributed by atoms with Crippen LogP contribution in [0.15, 0.2) is 18.3 Å². The average molecular weight is 249 g/mol. The summed E-state index contributed by atoms with van der Waals surface area (Å²) < 4.78 is 0. The minimum atomic E-state index is 0.306. The van der Waals surface area contributed by atoms with Gasteiger partial charge in [-0.3, -0.25) is 0 Å². The molecule has 0 fully saturated rings. The number of hydrogen-bond donors (Lipinski definition) is 1. The molecule has 92 valence electrons. The van der Waals surface area contributed by atoms with Crippen LogP contribution in [0.2, 0.25) is 0 Å². The second-order valence-electron chi connectivity index (χ2n) is 5.14. The topological polar surface area (TPSA) is 51.8 Å². The van der Waals surface area contributed by atoms with E-state index < -0.39 is 0 Å². The predicted octanol–water partition coefficient (Wildman–Crippen LogP) is 3.00. The molecule has 0 aliphatic rings. The Morgan fingerprint density at radius 2 is 2.18 bits per heavy atom. The number of fused-ring (bicyclic) bond motifs is 1. The first-order valence-corrected chi connectivity index (χ1v) is 6.83. The molecule has 0 saturated carbocycles. The van der Waals surface area contributed by atoms with Crippen LogP contribution in [-0.4, -0.2) is 16.5 Å². The fraction of sp³-hybridized carbons (Fsp3) is 0.538. The molecule has 0 bridgehead atoms. The molecule has 2 aromatic rings.